The summed E-state index contributed by atoms with van der Waals surface area (Å²) in [7, 11) is 1.62. The molecule has 1 fully saturated rings. The van der Waals surface area contributed by atoms with Crippen LogP contribution >= 0.6 is 11.6 Å². The van der Waals surface area contributed by atoms with E-state index >= 15 is 0 Å². The summed E-state index contributed by atoms with van der Waals surface area (Å²) in [6, 6.07) is 19.4. The van der Waals surface area contributed by atoms with Crippen LogP contribution in [-0.2, 0) is 17.8 Å². The first-order valence-electron chi connectivity index (χ1n) is 11.5. The zero-order valence-electron chi connectivity index (χ0n) is 19.7. The van der Waals surface area contributed by atoms with Crippen LogP contribution in [0, 0.1) is 0 Å². The van der Waals surface area contributed by atoms with Crippen molar-refractivity contribution >= 4 is 34.3 Å². The Bertz CT molecular complexity index is 1350. The van der Waals surface area contributed by atoms with Gasteiger partial charge in [-0.2, -0.15) is 0 Å². The number of methoxy groups -OCH3 is 1. The molecule has 9 heteroatoms. The van der Waals surface area contributed by atoms with Gasteiger partial charge in [0, 0.05) is 30.4 Å². The fourth-order valence-corrected chi connectivity index (χ4v) is 4.25. The van der Waals surface area contributed by atoms with E-state index < -0.39 is 6.10 Å². The van der Waals surface area contributed by atoms with Crippen LogP contribution in [-0.4, -0.2) is 47.3 Å². The number of cyclic esters (lactones) is 1. The highest BCUT2D eigenvalue weighted by molar-refractivity contribution is 6.30. The van der Waals surface area contributed by atoms with Crippen LogP contribution in [0.1, 0.15) is 11.1 Å². The van der Waals surface area contributed by atoms with Crippen molar-refractivity contribution in [1.29, 1.82) is 0 Å². The number of pyridine rings is 2. The minimum absolute atomic E-state index is 0.173. The van der Waals surface area contributed by atoms with E-state index in [-0.39, 0.29) is 12.7 Å². The van der Waals surface area contributed by atoms with Gasteiger partial charge in [0.2, 0.25) is 0 Å². The average molecular weight is 505 g/mol. The molecule has 1 N–H and O–H groups in total. The molecule has 4 aromatic rings. The second-order valence-electron chi connectivity index (χ2n) is 8.41. The Labute approximate surface area is 213 Å². The van der Waals surface area contributed by atoms with Gasteiger partial charge in [-0.3, -0.25) is 4.98 Å². The Kier molecular flexibility index (Phi) is 7.04. The van der Waals surface area contributed by atoms with Crippen LogP contribution in [0.4, 0.5) is 10.5 Å². The molecule has 1 amide bonds. The molecule has 0 aliphatic carbocycles. The fourth-order valence-electron chi connectivity index (χ4n) is 4.05. The van der Waals surface area contributed by atoms with E-state index in [0.29, 0.717) is 36.1 Å². The zero-order valence-corrected chi connectivity index (χ0v) is 20.4. The van der Waals surface area contributed by atoms with Gasteiger partial charge in [-0.15, -0.1) is 0 Å². The lowest BCUT2D eigenvalue weighted by atomic mass is 10.2. The third kappa shape index (κ3) is 5.44. The SMILES string of the molecule is COc1ccc(CN2CC(COc3cncc4c(NCc5ccccc5)cc(Cl)nc34)OC2=O)cc1. The Balaban J connectivity index is 1.25. The third-order valence-corrected chi connectivity index (χ3v) is 6.08. The first-order valence-corrected chi connectivity index (χ1v) is 11.9. The first kappa shape index (κ1) is 23.7. The van der Waals surface area contributed by atoms with E-state index in [9.17, 15) is 4.79 Å². The molecule has 0 radical (unpaired) electrons. The molecule has 0 bridgehead atoms. The highest BCUT2D eigenvalue weighted by Gasteiger charge is 2.32. The molecule has 1 saturated heterocycles. The molecule has 0 spiro atoms. The zero-order chi connectivity index (χ0) is 24.9. The predicted molar refractivity (Wildman–Crippen MR) is 137 cm³/mol. The molecule has 1 atom stereocenters. The number of rotatable bonds is 9. The van der Waals surface area contributed by atoms with Crippen molar-refractivity contribution in [3.05, 3.63) is 89.3 Å². The summed E-state index contributed by atoms with van der Waals surface area (Å²) in [5.41, 5.74) is 3.53. The summed E-state index contributed by atoms with van der Waals surface area (Å²) < 4.78 is 16.7. The minimum Gasteiger partial charge on any atom is -0.497 e. The van der Waals surface area contributed by atoms with Gasteiger partial charge >= 0.3 is 6.09 Å². The van der Waals surface area contributed by atoms with Gasteiger partial charge in [-0.1, -0.05) is 54.1 Å². The van der Waals surface area contributed by atoms with Crippen LogP contribution in [0.5, 0.6) is 11.5 Å². The maximum Gasteiger partial charge on any atom is 0.410 e. The van der Waals surface area contributed by atoms with E-state index in [0.717, 1.165) is 28.0 Å². The maximum absolute atomic E-state index is 12.4. The molecule has 1 aliphatic rings. The molecular weight excluding hydrogens is 480 g/mol. The number of ether oxygens (including phenoxy) is 3. The summed E-state index contributed by atoms with van der Waals surface area (Å²) in [4.78, 5) is 22.8. The predicted octanol–water partition coefficient (Wildman–Crippen LogP) is 5.30. The number of nitrogens with one attached hydrogen (secondary N) is 1. The number of amides is 1. The van der Waals surface area contributed by atoms with Crippen molar-refractivity contribution < 1.29 is 19.0 Å². The Hall–Kier alpha value is -4.04. The third-order valence-electron chi connectivity index (χ3n) is 5.89. The number of halogens is 1. The van der Waals surface area contributed by atoms with Crippen LogP contribution in [0.25, 0.3) is 10.9 Å². The maximum atomic E-state index is 12.4. The van der Waals surface area contributed by atoms with Gasteiger partial charge in [0.1, 0.15) is 23.0 Å². The number of fused-ring (bicyclic) bond motifs is 1. The second kappa shape index (κ2) is 10.7. The Morgan fingerprint density at radius 1 is 1.11 bits per heavy atom. The molecule has 3 heterocycles. The molecular formula is C27H25ClN4O4. The molecule has 2 aromatic carbocycles. The average Bonchev–Trinajstić information content (AvgIpc) is 3.25. The van der Waals surface area contributed by atoms with Gasteiger partial charge in [0.25, 0.3) is 0 Å². The Morgan fingerprint density at radius 2 is 1.92 bits per heavy atom. The van der Waals surface area contributed by atoms with Gasteiger partial charge < -0.3 is 24.4 Å². The van der Waals surface area contributed by atoms with Crippen molar-refractivity contribution in [2.24, 2.45) is 0 Å². The van der Waals surface area contributed by atoms with Crippen LogP contribution in [0.3, 0.4) is 0 Å². The summed E-state index contributed by atoms with van der Waals surface area (Å²) in [5, 5.41) is 4.54. The molecule has 0 saturated carbocycles. The lowest BCUT2D eigenvalue weighted by Crippen LogP contribution is -2.26. The van der Waals surface area contributed by atoms with Crippen molar-refractivity contribution in [3.63, 3.8) is 0 Å². The number of hydrogen-bond donors (Lipinski definition) is 1. The quantitative estimate of drug-likeness (QED) is 0.309. The van der Waals surface area contributed by atoms with Crippen LogP contribution < -0.4 is 14.8 Å². The molecule has 1 aliphatic heterocycles. The van der Waals surface area contributed by atoms with E-state index in [1.165, 1.54) is 0 Å². The van der Waals surface area contributed by atoms with E-state index in [1.54, 1.807) is 30.5 Å². The lowest BCUT2D eigenvalue weighted by Gasteiger charge is -2.15. The number of nitrogens with zero attached hydrogens (tertiary/aromatic N) is 3. The summed E-state index contributed by atoms with van der Waals surface area (Å²) in [6.07, 6.45) is 2.54. The standard InChI is InChI=1S/C27H25ClN4O4/c1-34-20-9-7-19(8-10-20)15-32-16-21(36-27(32)33)17-35-24-14-29-13-22-23(11-25(28)31-26(22)24)30-12-18-5-3-2-4-6-18/h2-11,13-14,21H,12,15-17H2,1H3,(H,30,31). The highest BCUT2D eigenvalue weighted by Crippen LogP contribution is 2.31. The second-order valence-corrected chi connectivity index (χ2v) is 8.80. The summed E-state index contributed by atoms with van der Waals surface area (Å²) >= 11 is 6.33. The number of hydrogen-bond acceptors (Lipinski definition) is 7. The summed E-state index contributed by atoms with van der Waals surface area (Å²) in [5.74, 6) is 1.24. The molecule has 5 rings (SSSR count). The topological polar surface area (TPSA) is 85.8 Å². The number of benzene rings is 2. The van der Waals surface area contributed by atoms with Crippen LogP contribution in [0.15, 0.2) is 73.1 Å². The van der Waals surface area contributed by atoms with Crippen molar-refractivity contribution in [2.75, 3.05) is 25.6 Å². The molecule has 36 heavy (non-hydrogen) atoms. The molecule has 8 nitrogen and oxygen atoms in total. The van der Waals surface area contributed by atoms with Crippen molar-refractivity contribution in [3.8, 4) is 11.5 Å². The van der Waals surface area contributed by atoms with E-state index in [4.69, 9.17) is 25.8 Å². The number of carbonyl (C=O) groups is 1. The largest absolute Gasteiger partial charge is 0.497 e. The lowest BCUT2D eigenvalue weighted by molar-refractivity contribution is 0.103. The number of anilines is 1. The smallest absolute Gasteiger partial charge is 0.410 e. The molecule has 184 valence electrons. The van der Waals surface area contributed by atoms with E-state index in [1.807, 2.05) is 54.6 Å². The van der Waals surface area contributed by atoms with Crippen molar-refractivity contribution in [1.82, 2.24) is 14.9 Å². The van der Waals surface area contributed by atoms with E-state index in [2.05, 4.69) is 15.3 Å². The normalized spacial score (nSPS) is 15.1. The van der Waals surface area contributed by atoms with Crippen molar-refractivity contribution in [2.45, 2.75) is 19.2 Å². The van der Waals surface area contributed by atoms with Gasteiger partial charge in [0.05, 0.1) is 19.9 Å². The van der Waals surface area contributed by atoms with Gasteiger partial charge in [-0.05, 0) is 29.3 Å². The van der Waals surface area contributed by atoms with Gasteiger partial charge in [-0.25, -0.2) is 9.78 Å². The van der Waals surface area contributed by atoms with Crippen LogP contribution in [0.2, 0.25) is 5.15 Å². The number of aromatic nitrogens is 2. The Morgan fingerprint density at radius 3 is 2.69 bits per heavy atom. The summed E-state index contributed by atoms with van der Waals surface area (Å²) in [6.45, 7) is 1.67. The number of carbonyl (C=O) groups excluding carboxylic acids is 1. The first-order chi connectivity index (χ1) is 17.6. The fraction of sp³-hybridized carbons (Fsp3) is 0.222. The minimum atomic E-state index is -0.416. The highest BCUT2D eigenvalue weighted by atomic mass is 35.5. The monoisotopic (exact) mass is 504 g/mol. The molecule has 2 aromatic heterocycles. The molecule has 1 unspecified atom stereocenters. The van der Waals surface area contributed by atoms with Gasteiger partial charge in [0.15, 0.2) is 11.9 Å².